The lowest BCUT2D eigenvalue weighted by Crippen LogP contribution is -2.29. The average Bonchev–Trinajstić information content (AvgIpc) is 3.34. The number of oxazole rings is 1. The summed E-state index contributed by atoms with van der Waals surface area (Å²) in [6, 6.07) is 13.7. The molecule has 0 radical (unpaired) electrons. The molecule has 0 bridgehead atoms. The van der Waals surface area contributed by atoms with Gasteiger partial charge in [0.25, 0.3) is 0 Å². The number of H-pyrrole nitrogens is 1. The second-order valence-corrected chi connectivity index (χ2v) is 8.04. The van der Waals surface area contributed by atoms with Crippen LogP contribution in [0.3, 0.4) is 0 Å². The van der Waals surface area contributed by atoms with Gasteiger partial charge in [-0.1, -0.05) is 30.7 Å². The molecule has 31 heavy (non-hydrogen) atoms. The fourth-order valence-electron chi connectivity index (χ4n) is 4.31. The number of aromatic amines is 1. The Labute approximate surface area is 180 Å². The van der Waals surface area contributed by atoms with Gasteiger partial charge in [-0.05, 0) is 43.1 Å². The van der Waals surface area contributed by atoms with Crippen LogP contribution in [0.15, 0.2) is 64.3 Å². The van der Waals surface area contributed by atoms with E-state index in [0.29, 0.717) is 22.5 Å². The van der Waals surface area contributed by atoms with Crippen molar-refractivity contribution >= 4 is 10.9 Å². The van der Waals surface area contributed by atoms with Crippen LogP contribution in [0.4, 0.5) is 0 Å². The number of rotatable bonds is 5. The SMILES string of the molecule is COc1cc2[nH]c(-c3ccc(CN4CCCCC4)cc3)cc(=O)c2cc1-c1cnco1. The minimum atomic E-state index is -0.0513. The predicted octanol–water partition coefficient (Wildman–Crippen LogP) is 4.84. The van der Waals surface area contributed by atoms with E-state index in [-0.39, 0.29) is 5.43 Å². The number of methoxy groups -OCH3 is 1. The monoisotopic (exact) mass is 415 g/mol. The van der Waals surface area contributed by atoms with Gasteiger partial charge in [-0.2, -0.15) is 0 Å². The highest BCUT2D eigenvalue weighted by molar-refractivity contribution is 5.88. The molecule has 4 aromatic rings. The highest BCUT2D eigenvalue weighted by atomic mass is 16.5. The number of pyridine rings is 1. The van der Waals surface area contributed by atoms with Crippen LogP contribution in [-0.4, -0.2) is 35.1 Å². The average molecular weight is 415 g/mol. The van der Waals surface area contributed by atoms with Crippen LogP contribution in [0.1, 0.15) is 24.8 Å². The van der Waals surface area contributed by atoms with E-state index in [4.69, 9.17) is 9.15 Å². The lowest BCUT2D eigenvalue weighted by Gasteiger charge is -2.26. The molecule has 1 aliphatic rings. The number of fused-ring (bicyclic) bond motifs is 1. The van der Waals surface area contributed by atoms with E-state index < -0.39 is 0 Å². The third kappa shape index (κ3) is 3.99. The van der Waals surface area contributed by atoms with E-state index in [1.807, 2.05) is 6.07 Å². The van der Waals surface area contributed by atoms with E-state index in [9.17, 15) is 4.79 Å². The smallest absolute Gasteiger partial charge is 0.190 e. The molecule has 2 aromatic carbocycles. The maximum atomic E-state index is 12.9. The van der Waals surface area contributed by atoms with Crippen molar-refractivity contribution in [3.63, 3.8) is 0 Å². The first kappa shape index (κ1) is 19.6. The summed E-state index contributed by atoms with van der Waals surface area (Å²) in [5.41, 5.74) is 4.45. The lowest BCUT2D eigenvalue weighted by atomic mass is 10.0. The number of benzene rings is 2. The van der Waals surface area contributed by atoms with Crippen LogP contribution in [0.5, 0.6) is 5.75 Å². The summed E-state index contributed by atoms with van der Waals surface area (Å²) in [5, 5.41) is 0.581. The number of piperidine rings is 1. The van der Waals surface area contributed by atoms with Gasteiger partial charge in [-0.25, -0.2) is 4.98 Å². The van der Waals surface area contributed by atoms with E-state index in [0.717, 1.165) is 23.3 Å². The van der Waals surface area contributed by atoms with Crippen LogP contribution in [0, 0.1) is 0 Å². The molecule has 1 aliphatic heterocycles. The van der Waals surface area contributed by atoms with Gasteiger partial charge in [0.2, 0.25) is 0 Å². The third-order valence-corrected chi connectivity index (χ3v) is 5.97. The highest BCUT2D eigenvalue weighted by Gasteiger charge is 2.14. The van der Waals surface area contributed by atoms with Crippen molar-refractivity contribution in [2.24, 2.45) is 0 Å². The molecule has 0 aliphatic carbocycles. The maximum absolute atomic E-state index is 12.9. The number of hydrogen-bond donors (Lipinski definition) is 1. The molecule has 1 fully saturated rings. The fraction of sp³-hybridized carbons (Fsp3) is 0.280. The van der Waals surface area contributed by atoms with Crippen LogP contribution < -0.4 is 10.2 Å². The summed E-state index contributed by atoms with van der Waals surface area (Å²) < 4.78 is 10.9. The first-order valence-corrected chi connectivity index (χ1v) is 10.7. The van der Waals surface area contributed by atoms with Crippen molar-refractivity contribution in [2.75, 3.05) is 20.2 Å². The van der Waals surface area contributed by atoms with Gasteiger partial charge in [-0.3, -0.25) is 9.69 Å². The fourth-order valence-corrected chi connectivity index (χ4v) is 4.31. The Morgan fingerprint density at radius 2 is 1.90 bits per heavy atom. The van der Waals surface area contributed by atoms with E-state index in [2.05, 4.69) is 39.1 Å². The quantitative estimate of drug-likeness (QED) is 0.505. The van der Waals surface area contributed by atoms with E-state index >= 15 is 0 Å². The molecular formula is C25H25N3O3. The molecule has 0 atom stereocenters. The summed E-state index contributed by atoms with van der Waals surface area (Å²) in [7, 11) is 1.60. The zero-order valence-corrected chi connectivity index (χ0v) is 17.6. The highest BCUT2D eigenvalue weighted by Crippen LogP contribution is 2.33. The van der Waals surface area contributed by atoms with Crippen LogP contribution in [0.25, 0.3) is 33.5 Å². The van der Waals surface area contributed by atoms with Gasteiger partial charge < -0.3 is 14.1 Å². The topological polar surface area (TPSA) is 71.4 Å². The summed E-state index contributed by atoms with van der Waals surface area (Å²) in [6.45, 7) is 3.34. The van der Waals surface area contributed by atoms with Crippen molar-refractivity contribution in [1.82, 2.24) is 14.9 Å². The number of aromatic nitrogens is 2. The number of hydrogen-bond acceptors (Lipinski definition) is 5. The minimum Gasteiger partial charge on any atom is -0.496 e. The summed E-state index contributed by atoms with van der Waals surface area (Å²) in [4.78, 5) is 22.8. The summed E-state index contributed by atoms with van der Waals surface area (Å²) >= 11 is 0. The molecule has 0 spiro atoms. The molecule has 0 unspecified atom stereocenters. The van der Waals surface area contributed by atoms with Gasteiger partial charge in [-0.15, -0.1) is 0 Å². The zero-order chi connectivity index (χ0) is 21.2. The Morgan fingerprint density at radius 3 is 2.61 bits per heavy atom. The largest absolute Gasteiger partial charge is 0.496 e. The van der Waals surface area contributed by atoms with Crippen molar-refractivity contribution in [2.45, 2.75) is 25.8 Å². The van der Waals surface area contributed by atoms with Crippen molar-refractivity contribution in [1.29, 1.82) is 0 Å². The third-order valence-electron chi connectivity index (χ3n) is 5.97. The Bertz CT molecular complexity index is 1240. The molecule has 0 amide bonds. The molecule has 3 heterocycles. The van der Waals surface area contributed by atoms with Gasteiger partial charge in [0.05, 0.1) is 24.4 Å². The van der Waals surface area contributed by atoms with Crippen LogP contribution in [0.2, 0.25) is 0 Å². The first-order chi connectivity index (χ1) is 15.2. The van der Waals surface area contributed by atoms with E-state index in [1.54, 1.807) is 25.4 Å². The molecule has 158 valence electrons. The second-order valence-electron chi connectivity index (χ2n) is 8.04. The lowest BCUT2D eigenvalue weighted by molar-refractivity contribution is 0.221. The maximum Gasteiger partial charge on any atom is 0.190 e. The molecule has 2 aromatic heterocycles. The van der Waals surface area contributed by atoms with Crippen LogP contribution in [-0.2, 0) is 6.54 Å². The number of nitrogens with zero attached hydrogens (tertiary/aromatic N) is 2. The Kier molecular flexibility index (Phi) is 5.30. The van der Waals surface area contributed by atoms with Gasteiger partial charge >= 0.3 is 0 Å². The van der Waals surface area contributed by atoms with Crippen molar-refractivity contribution in [3.05, 3.63) is 70.8 Å². The standard InChI is InChI=1S/C25H25N3O3/c1-30-24-13-22-19(11-20(24)25-14-26-16-31-25)23(29)12-21(27-22)18-7-5-17(6-8-18)15-28-9-3-2-4-10-28/h5-8,11-14,16H,2-4,9-10,15H2,1H3,(H,27,29). The predicted molar refractivity (Wildman–Crippen MR) is 121 cm³/mol. The Hall–Kier alpha value is -3.38. The molecule has 6 heteroatoms. The molecule has 1 N–H and O–H groups in total. The van der Waals surface area contributed by atoms with Gasteiger partial charge in [0.15, 0.2) is 17.6 Å². The molecule has 5 rings (SSSR count). The first-order valence-electron chi connectivity index (χ1n) is 10.7. The Balaban J connectivity index is 1.47. The zero-order valence-electron chi connectivity index (χ0n) is 17.6. The molecule has 0 saturated carbocycles. The number of ether oxygens (including phenoxy) is 1. The number of likely N-dealkylation sites (tertiary alicyclic amines) is 1. The number of nitrogens with one attached hydrogen (secondary N) is 1. The van der Waals surface area contributed by atoms with Gasteiger partial charge in [0.1, 0.15) is 5.75 Å². The van der Waals surface area contributed by atoms with Crippen molar-refractivity contribution in [3.8, 4) is 28.3 Å². The van der Waals surface area contributed by atoms with Crippen molar-refractivity contribution < 1.29 is 9.15 Å². The summed E-state index contributed by atoms with van der Waals surface area (Å²) in [6.07, 6.45) is 6.89. The molecule has 6 nitrogen and oxygen atoms in total. The van der Waals surface area contributed by atoms with Gasteiger partial charge in [0, 0.05) is 29.8 Å². The Morgan fingerprint density at radius 1 is 1.10 bits per heavy atom. The second kappa shape index (κ2) is 8.40. The normalized spacial score (nSPS) is 14.7. The summed E-state index contributed by atoms with van der Waals surface area (Å²) in [5.74, 6) is 1.18. The molecule has 1 saturated heterocycles. The van der Waals surface area contributed by atoms with E-state index in [1.165, 1.54) is 44.3 Å². The molecular weight excluding hydrogens is 390 g/mol. The van der Waals surface area contributed by atoms with Crippen LogP contribution >= 0.6 is 0 Å². The minimum absolute atomic E-state index is 0.0513.